The smallest absolute Gasteiger partial charge is 0.410 e. The van der Waals surface area contributed by atoms with Crippen LogP contribution in [0.3, 0.4) is 0 Å². The minimum Gasteiger partial charge on any atom is -0.481 e. The Balaban J connectivity index is 2.98. The predicted molar refractivity (Wildman–Crippen MR) is 76.5 cm³/mol. The van der Waals surface area contributed by atoms with E-state index in [1.54, 1.807) is 11.8 Å². The summed E-state index contributed by atoms with van der Waals surface area (Å²) in [5.41, 5.74) is -0.575. The van der Waals surface area contributed by atoms with Gasteiger partial charge in [-0.1, -0.05) is 13.8 Å². The van der Waals surface area contributed by atoms with Crippen LogP contribution >= 0.6 is 0 Å². The van der Waals surface area contributed by atoms with E-state index >= 15 is 0 Å². The van der Waals surface area contributed by atoms with Crippen molar-refractivity contribution in [3.05, 3.63) is 0 Å². The van der Waals surface area contributed by atoms with Crippen molar-refractivity contribution in [1.29, 1.82) is 0 Å². The van der Waals surface area contributed by atoms with E-state index in [1.165, 1.54) is 0 Å². The van der Waals surface area contributed by atoms with Crippen molar-refractivity contribution in [2.24, 2.45) is 11.8 Å². The third kappa shape index (κ3) is 3.87. The van der Waals surface area contributed by atoms with Gasteiger partial charge in [-0.15, -0.1) is 0 Å². The summed E-state index contributed by atoms with van der Waals surface area (Å²) >= 11 is 0. The van der Waals surface area contributed by atoms with E-state index in [1.807, 2.05) is 20.8 Å². The molecule has 1 amide bonds. The van der Waals surface area contributed by atoms with E-state index in [-0.39, 0.29) is 18.0 Å². The third-order valence-electron chi connectivity index (χ3n) is 3.84. The fourth-order valence-electron chi connectivity index (χ4n) is 2.83. The molecule has 0 saturated carbocycles. The van der Waals surface area contributed by atoms with Crippen LogP contribution < -0.4 is 0 Å². The molecule has 0 spiro atoms. The number of rotatable bonds is 2. The predicted octanol–water partition coefficient (Wildman–Crippen LogP) is 3.13. The number of nitrogens with zero attached hydrogens (tertiary/aromatic N) is 1. The van der Waals surface area contributed by atoms with Gasteiger partial charge in [-0.3, -0.25) is 4.79 Å². The lowest BCUT2D eigenvalue weighted by molar-refractivity contribution is -0.146. The van der Waals surface area contributed by atoms with Crippen LogP contribution in [0, 0.1) is 11.8 Å². The quantitative estimate of drug-likeness (QED) is 0.846. The number of piperidine rings is 1. The van der Waals surface area contributed by atoms with Gasteiger partial charge in [0.05, 0.1) is 5.92 Å². The summed E-state index contributed by atoms with van der Waals surface area (Å²) in [6.45, 7) is 11.4. The van der Waals surface area contributed by atoms with Crippen molar-refractivity contribution < 1.29 is 19.4 Å². The Morgan fingerprint density at radius 1 is 1.25 bits per heavy atom. The van der Waals surface area contributed by atoms with Gasteiger partial charge >= 0.3 is 12.1 Å². The number of carbonyl (C=O) groups excluding carboxylic acids is 1. The van der Waals surface area contributed by atoms with E-state index in [0.717, 1.165) is 0 Å². The second-order valence-electron chi connectivity index (χ2n) is 6.96. The first-order valence-electron chi connectivity index (χ1n) is 7.28. The molecule has 1 aliphatic rings. The first-order chi connectivity index (χ1) is 9.04. The Hall–Kier alpha value is -1.26. The molecule has 0 aromatic carbocycles. The molecule has 1 N–H and O–H groups in total. The molecule has 0 aromatic rings. The maximum atomic E-state index is 12.4. The zero-order valence-electron chi connectivity index (χ0n) is 13.3. The lowest BCUT2D eigenvalue weighted by Gasteiger charge is -2.45. The minimum atomic E-state index is -0.840. The Kier molecular flexibility index (Phi) is 5.05. The molecular weight excluding hydrogens is 258 g/mol. The Morgan fingerprint density at radius 3 is 2.20 bits per heavy atom. The highest BCUT2D eigenvalue weighted by Crippen LogP contribution is 2.33. The third-order valence-corrected chi connectivity index (χ3v) is 3.84. The van der Waals surface area contributed by atoms with Crippen LogP contribution in [-0.4, -0.2) is 39.8 Å². The lowest BCUT2D eigenvalue weighted by Crippen LogP contribution is -2.57. The molecule has 1 heterocycles. The molecule has 1 aliphatic heterocycles. The number of hydrogen-bond donors (Lipinski definition) is 1. The molecule has 20 heavy (non-hydrogen) atoms. The summed E-state index contributed by atoms with van der Waals surface area (Å²) < 4.78 is 5.45. The summed E-state index contributed by atoms with van der Waals surface area (Å²) in [5, 5.41) is 9.29. The number of amides is 1. The van der Waals surface area contributed by atoms with E-state index in [0.29, 0.717) is 12.8 Å². The zero-order chi connectivity index (χ0) is 15.7. The standard InChI is InChI=1S/C15H27NO4/c1-9(2)12-8-7-11(13(17)18)10(3)16(12)14(19)20-15(4,5)6/h9-12H,7-8H2,1-6H3,(H,17,18). The van der Waals surface area contributed by atoms with Crippen LogP contribution in [0.2, 0.25) is 0 Å². The second-order valence-corrected chi connectivity index (χ2v) is 6.96. The molecule has 5 nitrogen and oxygen atoms in total. The summed E-state index contributed by atoms with van der Waals surface area (Å²) in [6, 6.07) is -0.307. The van der Waals surface area contributed by atoms with Crippen molar-refractivity contribution in [2.75, 3.05) is 0 Å². The molecule has 5 heteroatoms. The Labute approximate surface area is 121 Å². The first kappa shape index (κ1) is 16.8. The van der Waals surface area contributed by atoms with Gasteiger partial charge in [0.1, 0.15) is 5.60 Å². The summed E-state index contributed by atoms with van der Waals surface area (Å²) in [5.74, 6) is -1.08. The average Bonchev–Trinajstić information content (AvgIpc) is 2.24. The van der Waals surface area contributed by atoms with E-state index in [9.17, 15) is 14.7 Å². The largest absolute Gasteiger partial charge is 0.481 e. The van der Waals surface area contributed by atoms with E-state index < -0.39 is 23.6 Å². The van der Waals surface area contributed by atoms with Gasteiger partial charge in [0.15, 0.2) is 0 Å². The number of carboxylic acids is 1. The average molecular weight is 285 g/mol. The number of ether oxygens (including phenoxy) is 1. The zero-order valence-corrected chi connectivity index (χ0v) is 13.3. The van der Waals surface area contributed by atoms with Gasteiger partial charge in [0, 0.05) is 12.1 Å². The highest BCUT2D eigenvalue weighted by atomic mass is 16.6. The van der Waals surface area contributed by atoms with Gasteiger partial charge in [-0.05, 0) is 46.5 Å². The molecule has 0 aliphatic carbocycles. The van der Waals surface area contributed by atoms with Crippen LogP contribution in [0.25, 0.3) is 0 Å². The van der Waals surface area contributed by atoms with Crippen molar-refractivity contribution in [2.45, 2.75) is 72.1 Å². The van der Waals surface area contributed by atoms with Crippen molar-refractivity contribution in [3.8, 4) is 0 Å². The van der Waals surface area contributed by atoms with Crippen molar-refractivity contribution in [3.63, 3.8) is 0 Å². The molecule has 3 atom stereocenters. The van der Waals surface area contributed by atoms with Gasteiger partial charge in [-0.25, -0.2) is 4.79 Å². The first-order valence-corrected chi connectivity index (χ1v) is 7.28. The molecule has 116 valence electrons. The van der Waals surface area contributed by atoms with Gasteiger partial charge in [0.2, 0.25) is 0 Å². The lowest BCUT2D eigenvalue weighted by atomic mass is 9.82. The van der Waals surface area contributed by atoms with E-state index in [2.05, 4.69) is 13.8 Å². The summed E-state index contributed by atoms with van der Waals surface area (Å²) in [7, 11) is 0. The number of carboxylic acid groups (broad SMARTS) is 1. The van der Waals surface area contributed by atoms with Crippen LogP contribution in [0.15, 0.2) is 0 Å². The summed E-state index contributed by atoms with van der Waals surface area (Å²) in [6.07, 6.45) is 0.909. The topological polar surface area (TPSA) is 66.8 Å². The van der Waals surface area contributed by atoms with Crippen LogP contribution in [-0.2, 0) is 9.53 Å². The summed E-state index contributed by atoms with van der Waals surface area (Å²) in [4.78, 5) is 25.4. The molecule has 0 aromatic heterocycles. The highest BCUT2D eigenvalue weighted by molar-refractivity contribution is 5.74. The number of carbonyl (C=O) groups is 2. The van der Waals surface area contributed by atoms with Gasteiger partial charge in [0.25, 0.3) is 0 Å². The van der Waals surface area contributed by atoms with Crippen LogP contribution in [0.1, 0.15) is 54.4 Å². The Morgan fingerprint density at radius 2 is 1.80 bits per heavy atom. The monoisotopic (exact) mass is 285 g/mol. The number of hydrogen-bond acceptors (Lipinski definition) is 3. The normalized spacial score (nSPS) is 27.6. The van der Waals surface area contributed by atoms with Crippen molar-refractivity contribution >= 4 is 12.1 Å². The molecule has 0 radical (unpaired) electrons. The maximum Gasteiger partial charge on any atom is 0.410 e. The fraction of sp³-hybridized carbons (Fsp3) is 0.867. The molecule has 1 saturated heterocycles. The molecule has 1 rings (SSSR count). The second kappa shape index (κ2) is 6.02. The van der Waals surface area contributed by atoms with Crippen LogP contribution in [0.4, 0.5) is 4.79 Å². The number of likely N-dealkylation sites (tertiary alicyclic amines) is 1. The van der Waals surface area contributed by atoms with Gasteiger partial charge in [-0.2, -0.15) is 0 Å². The molecular formula is C15H27NO4. The van der Waals surface area contributed by atoms with Crippen molar-refractivity contribution in [1.82, 2.24) is 4.90 Å². The number of aliphatic carboxylic acids is 1. The molecule has 3 unspecified atom stereocenters. The SMILES string of the molecule is CC(C)C1CCC(C(=O)O)C(C)N1C(=O)OC(C)(C)C. The Bertz CT molecular complexity index is 373. The molecule has 0 bridgehead atoms. The van der Waals surface area contributed by atoms with Gasteiger partial charge < -0.3 is 14.7 Å². The van der Waals surface area contributed by atoms with E-state index in [4.69, 9.17) is 4.74 Å². The highest BCUT2D eigenvalue weighted by Gasteiger charge is 2.43. The maximum absolute atomic E-state index is 12.4. The fourth-order valence-corrected chi connectivity index (χ4v) is 2.83. The minimum absolute atomic E-state index is 0.0375. The van der Waals surface area contributed by atoms with Crippen LogP contribution in [0.5, 0.6) is 0 Å². The molecule has 1 fully saturated rings.